The second kappa shape index (κ2) is 12.3. The number of amides is 1. The molecule has 0 aliphatic heterocycles. The van der Waals surface area contributed by atoms with Crippen molar-refractivity contribution in [3.63, 3.8) is 0 Å². The van der Waals surface area contributed by atoms with Crippen molar-refractivity contribution in [2.24, 2.45) is 7.05 Å². The van der Waals surface area contributed by atoms with Gasteiger partial charge in [-0.2, -0.15) is 9.61 Å². The number of aliphatic hydroxyl groups is 2. The van der Waals surface area contributed by atoms with E-state index in [-0.39, 0.29) is 12.5 Å². The molecule has 5 rings (SSSR count). The lowest BCUT2D eigenvalue weighted by Crippen LogP contribution is -2.25. The number of rotatable bonds is 10. The maximum atomic E-state index is 12.9. The number of anilines is 1. The Morgan fingerprint density at radius 2 is 1.95 bits per heavy atom. The maximum Gasteiger partial charge on any atom is 0.252 e. The molecule has 0 fully saturated rings. The number of aliphatic hydroxyl groups excluding tert-OH is 2. The Balaban J connectivity index is 1.54. The van der Waals surface area contributed by atoms with Crippen LogP contribution >= 0.6 is 11.6 Å². The second-order valence-corrected chi connectivity index (χ2v) is 10.7. The van der Waals surface area contributed by atoms with Gasteiger partial charge in [0.15, 0.2) is 5.65 Å². The van der Waals surface area contributed by atoms with E-state index < -0.39 is 6.10 Å². The lowest BCUT2D eigenvalue weighted by molar-refractivity contribution is 0.0951. The number of fused-ring (bicyclic) bond motifs is 1. The molecule has 1 atom stereocenters. The van der Waals surface area contributed by atoms with E-state index in [4.69, 9.17) is 26.8 Å². The van der Waals surface area contributed by atoms with Crippen molar-refractivity contribution < 1.29 is 15.0 Å². The first-order valence-electron chi connectivity index (χ1n) is 13.8. The Morgan fingerprint density at radius 3 is 2.67 bits per heavy atom. The smallest absolute Gasteiger partial charge is 0.252 e. The molecule has 0 radical (unpaired) electrons. The Kier molecular flexibility index (Phi) is 8.58. The molecular formula is C31H34ClN7O3. The third kappa shape index (κ3) is 5.87. The van der Waals surface area contributed by atoms with Crippen molar-refractivity contribution in [3.8, 4) is 22.5 Å². The summed E-state index contributed by atoms with van der Waals surface area (Å²) in [5.41, 5.74) is 6.34. The zero-order valence-electron chi connectivity index (χ0n) is 24.0. The second-order valence-electron chi connectivity index (χ2n) is 10.3. The predicted molar refractivity (Wildman–Crippen MR) is 164 cm³/mol. The first kappa shape index (κ1) is 29.2. The van der Waals surface area contributed by atoms with E-state index in [1.807, 2.05) is 55.9 Å². The first-order valence-corrected chi connectivity index (χ1v) is 14.1. The number of hydrogen-bond acceptors (Lipinski definition) is 7. The largest absolute Gasteiger partial charge is 0.396 e. The van der Waals surface area contributed by atoms with Crippen LogP contribution in [0.1, 0.15) is 52.3 Å². The average Bonchev–Trinajstić information content (AvgIpc) is 3.55. The predicted octanol–water partition coefficient (Wildman–Crippen LogP) is 4.84. The summed E-state index contributed by atoms with van der Waals surface area (Å²) >= 11 is 6.54. The van der Waals surface area contributed by atoms with Gasteiger partial charge in [0.1, 0.15) is 11.6 Å². The number of nitrogens with zero attached hydrogens (tertiary/aromatic N) is 5. The van der Waals surface area contributed by atoms with Crippen LogP contribution in [0.25, 0.3) is 28.2 Å². The topological polar surface area (TPSA) is 130 Å². The molecule has 11 heteroatoms. The highest BCUT2D eigenvalue weighted by Gasteiger charge is 2.21. The fraction of sp³-hybridized carbons (Fsp3) is 0.290. The molecular weight excluding hydrogens is 554 g/mol. The van der Waals surface area contributed by atoms with Gasteiger partial charge in [0.2, 0.25) is 0 Å². The summed E-state index contributed by atoms with van der Waals surface area (Å²) in [5.74, 6) is 1.23. The minimum absolute atomic E-state index is 0.0160. The van der Waals surface area contributed by atoms with E-state index in [9.17, 15) is 9.90 Å². The van der Waals surface area contributed by atoms with E-state index >= 15 is 0 Å². The molecule has 0 bridgehead atoms. The number of halogens is 1. The number of hydrogen-bond donors (Lipinski definition) is 4. The third-order valence-corrected chi connectivity index (χ3v) is 7.60. The Bertz CT molecular complexity index is 1760. The number of aromatic nitrogens is 5. The highest BCUT2D eigenvalue weighted by molar-refractivity contribution is 6.34. The van der Waals surface area contributed by atoms with E-state index in [1.165, 1.54) is 0 Å². The summed E-state index contributed by atoms with van der Waals surface area (Å²) in [6.45, 7) is 6.23. The maximum absolute atomic E-state index is 12.9. The van der Waals surface area contributed by atoms with Crippen LogP contribution in [0.3, 0.4) is 0 Å². The molecule has 2 aromatic carbocycles. The molecule has 0 aliphatic rings. The van der Waals surface area contributed by atoms with Crippen LogP contribution in [0.2, 0.25) is 5.02 Å². The Morgan fingerprint density at radius 1 is 1.14 bits per heavy atom. The molecule has 3 aromatic heterocycles. The van der Waals surface area contributed by atoms with Gasteiger partial charge in [-0.25, -0.2) is 9.97 Å². The molecule has 1 amide bonds. The molecule has 0 spiro atoms. The van der Waals surface area contributed by atoms with E-state index in [1.54, 1.807) is 29.8 Å². The van der Waals surface area contributed by atoms with Crippen LogP contribution in [0.5, 0.6) is 0 Å². The fourth-order valence-corrected chi connectivity index (χ4v) is 5.13. The van der Waals surface area contributed by atoms with Crippen molar-refractivity contribution in [3.05, 3.63) is 88.0 Å². The van der Waals surface area contributed by atoms with Gasteiger partial charge in [0.05, 0.1) is 28.1 Å². The molecule has 5 aromatic rings. The minimum Gasteiger partial charge on any atom is -0.396 e. The fourth-order valence-electron chi connectivity index (χ4n) is 4.93. The molecule has 4 N–H and O–H groups in total. The van der Waals surface area contributed by atoms with Crippen molar-refractivity contribution in [2.75, 3.05) is 18.5 Å². The van der Waals surface area contributed by atoms with Gasteiger partial charge in [-0.05, 0) is 62.1 Å². The summed E-state index contributed by atoms with van der Waals surface area (Å²) in [6.07, 6.45) is 3.32. The number of aryl methyl sites for hydroxylation is 3. The summed E-state index contributed by atoms with van der Waals surface area (Å²) < 4.78 is 3.70. The van der Waals surface area contributed by atoms with Crippen molar-refractivity contribution in [1.82, 2.24) is 29.5 Å². The van der Waals surface area contributed by atoms with E-state index in [0.29, 0.717) is 52.9 Å². The summed E-state index contributed by atoms with van der Waals surface area (Å²) in [7, 11) is 1.96. The third-order valence-electron chi connectivity index (χ3n) is 7.10. The van der Waals surface area contributed by atoms with Gasteiger partial charge >= 0.3 is 0 Å². The quantitative estimate of drug-likeness (QED) is 0.172. The Labute approximate surface area is 249 Å². The molecule has 0 saturated heterocycles. The monoisotopic (exact) mass is 587 g/mol. The van der Waals surface area contributed by atoms with Crippen molar-refractivity contribution in [2.45, 2.75) is 39.8 Å². The van der Waals surface area contributed by atoms with Crippen molar-refractivity contribution in [1.29, 1.82) is 0 Å². The number of carbonyl (C=O) groups is 1. The molecule has 42 heavy (non-hydrogen) atoms. The molecule has 1 unspecified atom stereocenters. The van der Waals surface area contributed by atoms with Gasteiger partial charge in [-0.15, -0.1) is 0 Å². The first-order chi connectivity index (χ1) is 20.2. The van der Waals surface area contributed by atoms with Crippen LogP contribution in [-0.4, -0.2) is 53.4 Å². The van der Waals surface area contributed by atoms with Crippen molar-refractivity contribution >= 4 is 29.0 Å². The number of carbonyl (C=O) groups excluding carboxylic acids is 1. The molecule has 10 nitrogen and oxygen atoms in total. The molecule has 3 heterocycles. The van der Waals surface area contributed by atoms with E-state index in [0.717, 1.165) is 33.6 Å². The zero-order valence-corrected chi connectivity index (χ0v) is 24.8. The summed E-state index contributed by atoms with van der Waals surface area (Å²) in [6, 6.07) is 13.6. The Hall–Kier alpha value is -4.25. The van der Waals surface area contributed by atoms with Crippen LogP contribution in [0.4, 0.5) is 5.82 Å². The van der Waals surface area contributed by atoms with Gasteiger partial charge in [0.25, 0.3) is 5.91 Å². The highest BCUT2D eigenvalue weighted by Crippen LogP contribution is 2.34. The van der Waals surface area contributed by atoms with Crippen LogP contribution in [0.15, 0.2) is 54.9 Å². The van der Waals surface area contributed by atoms with Crippen LogP contribution in [0, 0.1) is 13.8 Å². The van der Waals surface area contributed by atoms with Gasteiger partial charge in [0, 0.05) is 56.3 Å². The lowest BCUT2D eigenvalue weighted by atomic mass is 9.99. The van der Waals surface area contributed by atoms with Crippen LogP contribution in [-0.2, 0) is 13.6 Å². The number of imidazole rings is 1. The molecule has 0 saturated carbocycles. The average molecular weight is 588 g/mol. The number of benzene rings is 2. The SMILES string of the molecule is Cc1cc(-c2c(C)nn3c(NCc4cccc(-c5nccn5C)c4)cc(C(C)O)nc23)cc(C(=O)NCCCO)c1Cl. The van der Waals surface area contributed by atoms with Gasteiger partial charge in [-0.1, -0.05) is 29.8 Å². The van der Waals surface area contributed by atoms with Gasteiger partial charge in [-0.3, -0.25) is 4.79 Å². The summed E-state index contributed by atoms with van der Waals surface area (Å²) in [5, 5.41) is 31.0. The normalized spacial score (nSPS) is 12.1. The lowest BCUT2D eigenvalue weighted by Gasteiger charge is -2.14. The van der Waals surface area contributed by atoms with E-state index in [2.05, 4.69) is 21.7 Å². The summed E-state index contributed by atoms with van der Waals surface area (Å²) in [4.78, 5) is 22.2. The minimum atomic E-state index is -0.815. The standard InChI is InChI=1S/C31H34ClN7O3/c1-18-13-23(15-24(28(18)32)31(42)34-9-6-12-40)27-19(2)37-39-26(16-25(20(3)41)36-30(27)39)35-17-21-7-5-8-22(14-21)29-33-10-11-38(29)4/h5,7-8,10-11,13-16,20,35,40-41H,6,9,12,17H2,1-4H3,(H,34,42). The number of nitrogens with one attached hydrogen (secondary N) is 2. The zero-order chi connectivity index (χ0) is 30.0. The van der Waals surface area contributed by atoms with Crippen LogP contribution < -0.4 is 10.6 Å². The molecule has 0 aliphatic carbocycles. The molecule has 218 valence electrons. The highest BCUT2D eigenvalue weighted by atomic mass is 35.5. The van der Waals surface area contributed by atoms with Gasteiger partial charge < -0.3 is 25.4 Å².